The van der Waals surface area contributed by atoms with E-state index in [0.29, 0.717) is 0 Å². The van der Waals surface area contributed by atoms with E-state index in [1.54, 1.807) is 10.7 Å². The lowest BCUT2D eigenvalue weighted by Gasteiger charge is -2.35. The van der Waals surface area contributed by atoms with Gasteiger partial charge in [-0.05, 0) is 18.9 Å². The number of rotatable bonds is 4. The van der Waals surface area contributed by atoms with Gasteiger partial charge in [-0.1, -0.05) is 19.3 Å². The number of anilines is 1. The molecule has 1 saturated carbocycles. The van der Waals surface area contributed by atoms with Gasteiger partial charge in [-0.15, -0.1) is 0 Å². The van der Waals surface area contributed by atoms with Crippen molar-refractivity contribution in [1.29, 1.82) is 0 Å². The Kier molecular flexibility index (Phi) is 3.38. The highest BCUT2D eigenvalue weighted by Gasteiger charge is 2.31. The number of nitrogens with one attached hydrogen (secondary N) is 1. The van der Waals surface area contributed by atoms with Crippen LogP contribution in [0.5, 0.6) is 0 Å². The summed E-state index contributed by atoms with van der Waals surface area (Å²) in [7, 11) is 0. The second kappa shape index (κ2) is 5.17. The first-order chi connectivity index (χ1) is 9.31. The molecule has 0 bridgehead atoms. The summed E-state index contributed by atoms with van der Waals surface area (Å²) in [5.41, 5.74) is 0.874. The van der Waals surface area contributed by atoms with Crippen molar-refractivity contribution < 1.29 is 5.11 Å². The Bertz CT molecular complexity index is 545. The van der Waals surface area contributed by atoms with Crippen LogP contribution in [0, 0.1) is 5.41 Å². The third kappa shape index (κ3) is 2.56. The van der Waals surface area contributed by atoms with E-state index in [2.05, 4.69) is 15.4 Å². The highest BCUT2D eigenvalue weighted by atomic mass is 16.3. The molecule has 0 atom stereocenters. The number of hydrogen-bond donors (Lipinski definition) is 2. The molecule has 19 heavy (non-hydrogen) atoms. The predicted molar refractivity (Wildman–Crippen MR) is 74.1 cm³/mol. The Hall–Kier alpha value is -1.62. The van der Waals surface area contributed by atoms with Crippen molar-refractivity contribution in [2.45, 2.75) is 32.1 Å². The fraction of sp³-hybridized carbons (Fsp3) is 0.571. The zero-order chi connectivity index (χ0) is 13.1. The average molecular weight is 260 g/mol. The van der Waals surface area contributed by atoms with E-state index in [1.807, 2.05) is 18.3 Å². The highest BCUT2D eigenvalue weighted by molar-refractivity contribution is 5.45. The smallest absolute Gasteiger partial charge is 0.157 e. The molecule has 102 valence electrons. The molecule has 0 aromatic carbocycles. The zero-order valence-corrected chi connectivity index (χ0v) is 11.0. The third-order valence-corrected chi connectivity index (χ3v) is 4.15. The fourth-order valence-corrected chi connectivity index (χ4v) is 2.88. The summed E-state index contributed by atoms with van der Waals surface area (Å²) in [5, 5.41) is 17.2. The van der Waals surface area contributed by atoms with Gasteiger partial charge in [-0.25, -0.2) is 9.50 Å². The van der Waals surface area contributed by atoms with Gasteiger partial charge in [-0.3, -0.25) is 0 Å². The first-order valence-electron chi connectivity index (χ1n) is 6.97. The van der Waals surface area contributed by atoms with Crippen LogP contribution in [0.15, 0.2) is 24.5 Å². The molecular weight excluding hydrogens is 240 g/mol. The van der Waals surface area contributed by atoms with Crippen LogP contribution in [0.4, 0.5) is 5.82 Å². The Morgan fingerprint density at radius 2 is 2.11 bits per heavy atom. The maximum atomic E-state index is 9.68. The number of aliphatic hydroxyl groups excluding tert-OH is 1. The summed E-state index contributed by atoms with van der Waals surface area (Å²) in [6.07, 6.45) is 9.58. The minimum Gasteiger partial charge on any atom is -0.396 e. The lowest BCUT2D eigenvalue weighted by molar-refractivity contribution is 0.0943. The normalized spacial score (nSPS) is 18.6. The van der Waals surface area contributed by atoms with Crippen molar-refractivity contribution in [2.75, 3.05) is 18.5 Å². The van der Waals surface area contributed by atoms with Crippen molar-refractivity contribution in [3.63, 3.8) is 0 Å². The van der Waals surface area contributed by atoms with Crippen LogP contribution in [0.3, 0.4) is 0 Å². The van der Waals surface area contributed by atoms with E-state index in [0.717, 1.165) is 30.9 Å². The van der Waals surface area contributed by atoms with Gasteiger partial charge < -0.3 is 10.4 Å². The van der Waals surface area contributed by atoms with E-state index in [9.17, 15) is 5.11 Å². The molecule has 0 unspecified atom stereocenters. The van der Waals surface area contributed by atoms with Gasteiger partial charge in [-0.2, -0.15) is 5.10 Å². The Balaban J connectivity index is 1.70. The molecular formula is C14H20N4O. The van der Waals surface area contributed by atoms with Crippen LogP contribution < -0.4 is 5.32 Å². The van der Waals surface area contributed by atoms with Crippen molar-refractivity contribution in [2.24, 2.45) is 5.41 Å². The lowest BCUT2D eigenvalue weighted by Crippen LogP contribution is -2.35. The minimum atomic E-state index is 0.0340. The highest BCUT2D eigenvalue weighted by Crippen LogP contribution is 2.35. The molecule has 1 fully saturated rings. The SMILES string of the molecule is OCC1(CNc2ccn3nccc3n2)CCCCC1. The fourth-order valence-electron chi connectivity index (χ4n) is 2.88. The first-order valence-corrected chi connectivity index (χ1v) is 6.97. The molecule has 3 rings (SSSR count). The molecule has 5 heteroatoms. The number of fused-ring (bicyclic) bond motifs is 1. The summed E-state index contributed by atoms with van der Waals surface area (Å²) in [6.45, 7) is 1.05. The maximum absolute atomic E-state index is 9.68. The Labute approximate surface area is 112 Å². The molecule has 0 spiro atoms. The van der Waals surface area contributed by atoms with Crippen molar-refractivity contribution in [3.8, 4) is 0 Å². The zero-order valence-electron chi connectivity index (χ0n) is 11.0. The van der Waals surface area contributed by atoms with Crippen molar-refractivity contribution >= 4 is 11.5 Å². The number of aliphatic hydroxyl groups is 1. The van der Waals surface area contributed by atoms with E-state index >= 15 is 0 Å². The molecule has 0 saturated heterocycles. The number of hydrogen-bond acceptors (Lipinski definition) is 4. The van der Waals surface area contributed by atoms with Gasteiger partial charge in [0.05, 0.1) is 12.8 Å². The molecule has 1 aliphatic carbocycles. The summed E-state index contributed by atoms with van der Waals surface area (Å²) in [5.74, 6) is 0.853. The number of aromatic nitrogens is 3. The van der Waals surface area contributed by atoms with Gasteiger partial charge in [0.1, 0.15) is 5.82 Å². The largest absolute Gasteiger partial charge is 0.396 e. The third-order valence-electron chi connectivity index (χ3n) is 4.15. The minimum absolute atomic E-state index is 0.0340. The quantitative estimate of drug-likeness (QED) is 0.883. The summed E-state index contributed by atoms with van der Waals surface area (Å²) < 4.78 is 1.74. The van der Waals surface area contributed by atoms with Crippen molar-refractivity contribution in [1.82, 2.24) is 14.6 Å². The van der Waals surface area contributed by atoms with Gasteiger partial charge in [0.2, 0.25) is 0 Å². The van der Waals surface area contributed by atoms with E-state index in [1.165, 1.54) is 19.3 Å². The van der Waals surface area contributed by atoms with Crippen LogP contribution in [0.1, 0.15) is 32.1 Å². The molecule has 2 aromatic heterocycles. The maximum Gasteiger partial charge on any atom is 0.157 e. The molecule has 2 aromatic rings. The molecule has 0 radical (unpaired) electrons. The van der Waals surface area contributed by atoms with Crippen LogP contribution in [-0.2, 0) is 0 Å². The van der Waals surface area contributed by atoms with Crippen LogP contribution in [0.2, 0.25) is 0 Å². The van der Waals surface area contributed by atoms with Gasteiger partial charge in [0, 0.05) is 24.2 Å². The Morgan fingerprint density at radius 3 is 2.89 bits per heavy atom. The van der Waals surface area contributed by atoms with Crippen LogP contribution in [0.25, 0.3) is 5.65 Å². The van der Waals surface area contributed by atoms with Gasteiger partial charge in [0.25, 0.3) is 0 Å². The van der Waals surface area contributed by atoms with Crippen LogP contribution >= 0.6 is 0 Å². The second-order valence-electron chi connectivity index (χ2n) is 5.52. The summed E-state index contributed by atoms with van der Waals surface area (Å²) in [6, 6.07) is 3.81. The summed E-state index contributed by atoms with van der Waals surface area (Å²) >= 11 is 0. The second-order valence-corrected chi connectivity index (χ2v) is 5.52. The van der Waals surface area contributed by atoms with Gasteiger partial charge >= 0.3 is 0 Å². The van der Waals surface area contributed by atoms with E-state index in [4.69, 9.17) is 0 Å². The first kappa shape index (κ1) is 12.4. The topological polar surface area (TPSA) is 62.5 Å². The van der Waals surface area contributed by atoms with Crippen LogP contribution in [-0.4, -0.2) is 32.9 Å². The molecule has 1 aliphatic rings. The standard InChI is InChI=1S/C14H20N4O/c19-11-14(6-2-1-3-7-14)10-15-12-5-9-18-13(17-12)4-8-16-18/h4-5,8-9,19H,1-3,6-7,10-11H2,(H,15,17). The number of nitrogens with zero attached hydrogens (tertiary/aromatic N) is 3. The molecule has 2 heterocycles. The van der Waals surface area contributed by atoms with E-state index in [-0.39, 0.29) is 12.0 Å². The van der Waals surface area contributed by atoms with E-state index < -0.39 is 0 Å². The monoisotopic (exact) mass is 260 g/mol. The molecule has 5 nitrogen and oxygen atoms in total. The molecule has 2 N–H and O–H groups in total. The van der Waals surface area contributed by atoms with Gasteiger partial charge in [0.15, 0.2) is 5.65 Å². The average Bonchev–Trinajstić information content (AvgIpc) is 2.93. The lowest BCUT2D eigenvalue weighted by atomic mass is 9.74. The molecule has 0 aliphatic heterocycles. The Morgan fingerprint density at radius 1 is 1.26 bits per heavy atom. The van der Waals surface area contributed by atoms with Crippen molar-refractivity contribution in [3.05, 3.63) is 24.5 Å². The summed E-state index contributed by atoms with van der Waals surface area (Å²) in [4.78, 5) is 4.49. The predicted octanol–water partition coefficient (Wildman–Crippen LogP) is 2.08. The molecule has 0 amide bonds.